The second-order valence-corrected chi connectivity index (χ2v) is 9.81. The molecule has 31 heavy (non-hydrogen) atoms. The number of piperidine rings is 1. The van der Waals surface area contributed by atoms with Gasteiger partial charge in [0.2, 0.25) is 5.91 Å². The fourth-order valence-corrected chi connectivity index (χ4v) is 3.99. The summed E-state index contributed by atoms with van der Waals surface area (Å²) in [6.45, 7) is 10.2. The summed E-state index contributed by atoms with van der Waals surface area (Å²) >= 11 is 5.93. The maximum absolute atomic E-state index is 12.7. The third kappa shape index (κ3) is 7.54. The van der Waals surface area contributed by atoms with Gasteiger partial charge in [-0.1, -0.05) is 35.9 Å². The molecule has 0 N–H and O–H groups in total. The van der Waals surface area contributed by atoms with Crippen molar-refractivity contribution in [1.29, 1.82) is 0 Å². The summed E-state index contributed by atoms with van der Waals surface area (Å²) in [5.41, 5.74) is 0.661. The van der Waals surface area contributed by atoms with Gasteiger partial charge in [-0.05, 0) is 57.2 Å². The first-order valence-electron chi connectivity index (χ1n) is 11.1. The molecule has 0 aromatic heterocycles. The summed E-state index contributed by atoms with van der Waals surface area (Å²) in [5.74, 6) is 0.683. The molecule has 2 aliphatic rings. The van der Waals surface area contributed by atoms with Crippen molar-refractivity contribution in [3.8, 4) is 0 Å². The molecule has 2 heterocycles. The highest BCUT2D eigenvalue weighted by Gasteiger charge is 2.28. The third-order valence-electron chi connectivity index (χ3n) is 5.71. The van der Waals surface area contributed by atoms with Crippen LogP contribution < -0.4 is 0 Å². The Morgan fingerprint density at radius 2 is 1.61 bits per heavy atom. The van der Waals surface area contributed by atoms with Crippen LogP contribution in [0.15, 0.2) is 30.3 Å². The molecule has 0 spiro atoms. The van der Waals surface area contributed by atoms with Gasteiger partial charge in [0.1, 0.15) is 5.60 Å². The van der Waals surface area contributed by atoms with Crippen molar-refractivity contribution in [2.75, 3.05) is 45.8 Å². The minimum Gasteiger partial charge on any atom is -0.444 e. The fraction of sp³-hybridized carbons (Fsp3) is 0.583. The predicted octanol–water partition coefficient (Wildman–Crippen LogP) is 4.14. The number of rotatable bonds is 4. The number of ether oxygens (including phenoxy) is 1. The molecule has 1 aromatic carbocycles. The van der Waals surface area contributed by atoms with E-state index in [9.17, 15) is 9.59 Å². The number of likely N-dealkylation sites (tertiary alicyclic amines) is 1. The topological polar surface area (TPSA) is 53.1 Å². The van der Waals surface area contributed by atoms with Gasteiger partial charge in [-0.2, -0.15) is 0 Å². The van der Waals surface area contributed by atoms with E-state index in [1.165, 1.54) is 0 Å². The van der Waals surface area contributed by atoms with Crippen LogP contribution in [0.1, 0.15) is 39.2 Å². The number of allylic oxidation sites excluding steroid dienone is 1. The first kappa shape index (κ1) is 23.6. The SMILES string of the molecule is CC(C)(C)OC(=O)N1CCN(CC(=O)N2CCC(/C=C/c3ccc(Cl)cc3)CC2)CC1. The lowest BCUT2D eigenvalue weighted by atomic mass is 9.95. The molecule has 1 aromatic rings. The van der Waals surface area contributed by atoms with Gasteiger partial charge in [0.15, 0.2) is 0 Å². The van der Waals surface area contributed by atoms with E-state index in [1.54, 1.807) is 4.90 Å². The van der Waals surface area contributed by atoms with Crippen LogP contribution in [0, 0.1) is 5.92 Å². The van der Waals surface area contributed by atoms with Gasteiger partial charge in [-0.3, -0.25) is 9.69 Å². The third-order valence-corrected chi connectivity index (χ3v) is 5.96. The van der Waals surface area contributed by atoms with Gasteiger partial charge in [0.25, 0.3) is 0 Å². The van der Waals surface area contributed by atoms with E-state index in [1.807, 2.05) is 49.9 Å². The Morgan fingerprint density at radius 1 is 1.00 bits per heavy atom. The highest BCUT2D eigenvalue weighted by Crippen LogP contribution is 2.21. The van der Waals surface area contributed by atoms with E-state index in [0.717, 1.165) is 36.5 Å². The van der Waals surface area contributed by atoms with Crippen molar-refractivity contribution in [3.63, 3.8) is 0 Å². The molecule has 3 rings (SSSR count). The minimum atomic E-state index is -0.486. The lowest BCUT2D eigenvalue weighted by molar-refractivity contribution is -0.134. The standard InChI is InChI=1S/C24H34ClN3O3/c1-24(2,3)31-23(30)28-16-14-26(15-17-28)18-22(29)27-12-10-20(11-13-27)5-4-19-6-8-21(25)9-7-19/h4-9,20H,10-18H2,1-3H3/b5-4+. The molecule has 2 saturated heterocycles. The Labute approximate surface area is 190 Å². The van der Waals surface area contributed by atoms with Gasteiger partial charge in [0.05, 0.1) is 6.54 Å². The Balaban J connectivity index is 1.37. The molecule has 0 saturated carbocycles. The average molecular weight is 448 g/mol. The quantitative estimate of drug-likeness (QED) is 0.695. The lowest BCUT2D eigenvalue weighted by Gasteiger charge is -2.37. The number of piperazine rings is 1. The molecule has 2 aliphatic heterocycles. The van der Waals surface area contributed by atoms with Crippen molar-refractivity contribution in [3.05, 3.63) is 40.9 Å². The maximum Gasteiger partial charge on any atom is 0.410 e. The fourth-order valence-electron chi connectivity index (χ4n) is 3.87. The number of hydrogen-bond donors (Lipinski definition) is 0. The number of amides is 2. The number of nitrogens with zero attached hydrogens (tertiary/aromatic N) is 3. The van der Waals surface area contributed by atoms with Crippen LogP contribution in [0.2, 0.25) is 5.02 Å². The molecule has 7 heteroatoms. The molecule has 0 unspecified atom stereocenters. The van der Waals surface area contributed by atoms with Crippen LogP contribution in [-0.2, 0) is 9.53 Å². The molecule has 0 radical (unpaired) electrons. The first-order valence-corrected chi connectivity index (χ1v) is 11.5. The summed E-state index contributed by atoms with van der Waals surface area (Å²) in [6, 6.07) is 7.83. The van der Waals surface area contributed by atoms with Crippen LogP contribution in [0.25, 0.3) is 6.08 Å². The Hall–Kier alpha value is -2.05. The largest absolute Gasteiger partial charge is 0.444 e. The summed E-state index contributed by atoms with van der Waals surface area (Å²) in [6.07, 6.45) is 6.10. The van der Waals surface area contributed by atoms with Crippen LogP contribution >= 0.6 is 11.6 Å². The van der Waals surface area contributed by atoms with E-state index < -0.39 is 5.60 Å². The summed E-state index contributed by atoms with van der Waals surface area (Å²) in [7, 11) is 0. The molecule has 0 atom stereocenters. The average Bonchev–Trinajstić information content (AvgIpc) is 2.73. The number of hydrogen-bond acceptors (Lipinski definition) is 4. The normalized spacial score (nSPS) is 19.1. The van der Waals surface area contributed by atoms with E-state index in [4.69, 9.17) is 16.3 Å². The molecule has 2 fully saturated rings. The van der Waals surface area contributed by atoms with Crippen molar-refractivity contribution in [1.82, 2.24) is 14.7 Å². The zero-order valence-electron chi connectivity index (χ0n) is 18.8. The molecule has 0 bridgehead atoms. The van der Waals surface area contributed by atoms with Gasteiger partial charge >= 0.3 is 6.09 Å². The van der Waals surface area contributed by atoms with Crippen LogP contribution in [-0.4, -0.2) is 78.1 Å². The van der Waals surface area contributed by atoms with Crippen LogP contribution in [0.3, 0.4) is 0 Å². The molecular formula is C24H34ClN3O3. The minimum absolute atomic E-state index is 0.186. The summed E-state index contributed by atoms with van der Waals surface area (Å²) < 4.78 is 5.43. The molecular weight excluding hydrogens is 414 g/mol. The van der Waals surface area contributed by atoms with Crippen LogP contribution in [0.5, 0.6) is 0 Å². The summed E-state index contributed by atoms with van der Waals surface area (Å²) in [5, 5.41) is 0.746. The molecule has 6 nitrogen and oxygen atoms in total. The van der Waals surface area contributed by atoms with Gasteiger partial charge in [0, 0.05) is 44.3 Å². The first-order chi connectivity index (χ1) is 14.7. The maximum atomic E-state index is 12.7. The van der Waals surface area contributed by atoms with Gasteiger partial charge in [-0.25, -0.2) is 4.79 Å². The van der Waals surface area contributed by atoms with Gasteiger partial charge in [-0.15, -0.1) is 0 Å². The smallest absolute Gasteiger partial charge is 0.410 e. The van der Waals surface area contributed by atoms with Gasteiger partial charge < -0.3 is 14.5 Å². The number of benzene rings is 1. The second-order valence-electron chi connectivity index (χ2n) is 9.37. The number of halogens is 1. The summed E-state index contributed by atoms with van der Waals surface area (Å²) in [4.78, 5) is 30.8. The van der Waals surface area contributed by atoms with Crippen molar-refractivity contribution in [2.45, 2.75) is 39.2 Å². The second kappa shape index (κ2) is 10.5. The zero-order valence-corrected chi connectivity index (χ0v) is 19.6. The Morgan fingerprint density at radius 3 is 2.19 bits per heavy atom. The van der Waals surface area contributed by atoms with Crippen LogP contribution in [0.4, 0.5) is 4.79 Å². The highest BCUT2D eigenvalue weighted by molar-refractivity contribution is 6.30. The van der Waals surface area contributed by atoms with E-state index in [-0.39, 0.29) is 12.0 Å². The molecule has 0 aliphatic carbocycles. The van der Waals surface area contributed by atoms with Crippen molar-refractivity contribution >= 4 is 29.7 Å². The highest BCUT2D eigenvalue weighted by atomic mass is 35.5. The monoisotopic (exact) mass is 447 g/mol. The Bertz CT molecular complexity index is 772. The number of carbonyl (C=O) groups is 2. The van der Waals surface area contributed by atoms with E-state index in [2.05, 4.69) is 17.1 Å². The lowest BCUT2D eigenvalue weighted by Crippen LogP contribution is -2.53. The zero-order chi connectivity index (χ0) is 22.4. The number of carbonyl (C=O) groups excluding carboxylic acids is 2. The predicted molar refractivity (Wildman–Crippen MR) is 124 cm³/mol. The van der Waals surface area contributed by atoms with Crippen molar-refractivity contribution < 1.29 is 14.3 Å². The molecule has 2 amide bonds. The van der Waals surface area contributed by atoms with E-state index >= 15 is 0 Å². The van der Waals surface area contributed by atoms with Crippen molar-refractivity contribution in [2.24, 2.45) is 5.92 Å². The van der Waals surface area contributed by atoms with E-state index in [0.29, 0.717) is 38.6 Å². The molecule has 170 valence electrons. The Kier molecular flexibility index (Phi) is 8.00.